The molecule has 0 saturated heterocycles. The average Bonchev–Trinajstić information content (AvgIpc) is 2.77. The van der Waals surface area contributed by atoms with Gasteiger partial charge < -0.3 is 9.73 Å². The van der Waals surface area contributed by atoms with Crippen molar-refractivity contribution in [2.75, 3.05) is 5.32 Å². The standard InChI is InChI=1S/C16H13BrN2O3/c1-19-13-9-12(6-7-14(13)22-16(19)21)18-15(20)8-10-2-4-11(17)5-3-10/h2-7,9H,8H2,1H3,(H,18,20). The number of carbonyl (C=O) groups is 1. The van der Waals surface area contributed by atoms with E-state index in [1.807, 2.05) is 24.3 Å². The van der Waals surface area contributed by atoms with Gasteiger partial charge in [-0.2, -0.15) is 0 Å². The maximum atomic E-state index is 12.1. The van der Waals surface area contributed by atoms with Crippen LogP contribution < -0.4 is 11.1 Å². The number of oxazole rings is 1. The Morgan fingerprint density at radius 3 is 2.68 bits per heavy atom. The van der Waals surface area contributed by atoms with E-state index in [0.29, 0.717) is 16.8 Å². The van der Waals surface area contributed by atoms with E-state index in [2.05, 4.69) is 21.2 Å². The molecule has 0 atom stereocenters. The van der Waals surface area contributed by atoms with Crippen LogP contribution in [-0.4, -0.2) is 10.5 Å². The Kier molecular flexibility index (Phi) is 3.85. The first-order valence-electron chi connectivity index (χ1n) is 6.67. The highest BCUT2D eigenvalue weighted by atomic mass is 79.9. The number of fused-ring (bicyclic) bond motifs is 1. The van der Waals surface area contributed by atoms with Gasteiger partial charge in [0.25, 0.3) is 0 Å². The van der Waals surface area contributed by atoms with Crippen LogP contribution in [0.4, 0.5) is 5.69 Å². The summed E-state index contributed by atoms with van der Waals surface area (Å²) < 4.78 is 7.43. The van der Waals surface area contributed by atoms with E-state index in [-0.39, 0.29) is 12.3 Å². The van der Waals surface area contributed by atoms with E-state index in [1.165, 1.54) is 4.57 Å². The number of halogens is 1. The van der Waals surface area contributed by atoms with Crippen molar-refractivity contribution in [3.05, 3.63) is 63.1 Å². The number of anilines is 1. The zero-order valence-corrected chi connectivity index (χ0v) is 13.4. The van der Waals surface area contributed by atoms with E-state index in [0.717, 1.165) is 10.0 Å². The Bertz CT molecular complexity index is 894. The second-order valence-corrected chi connectivity index (χ2v) is 5.88. The van der Waals surface area contributed by atoms with E-state index >= 15 is 0 Å². The molecule has 0 aliphatic carbocycles. The first kappa shape index (κ1) is 14.6. The van der Waals surface area contributed by atoms with Gasteiger partial charge in [-0.25, -0.2) is 4.79 Å². The van der Waals surface area contributed by atoms with Crippen LogP contribution in [0, 0.1) is 0 Å². The zero-order chi connectivity index (χ0) is 15.7. The van der Waals surface area contributed by atoms with Gasteiger partial charge in [-0.05, 0) is 35.9 Å². The molecule has 0 unspecified atom stereocenters. The van der Waals surface area contributed by atoms with Gasteiger partial charge in [0.2, 0.25) is 5.91 Å². The summed E-state index contributed by atoms with van der Waals surface area (Å²) in [5, 5.41) is 2.83. The summed E-state index contributed by atoms with van der Waals surface area (Å²) in [6.07, 6.45) is 0.287. The smallest absolute Gasteiger partial charge is 0.408 e. The van der Waals surface area contributed by atoms with Gasteiger partial charge in [0, 0.05) is 17.2 Å². The molecule has 0 aliphatic rings. The molecule has 0 bridgehead atoms. The zero-order valence-electron chi connectivity index (χ0n) is 11.8. The minimum absolute atomic E-state index is 0.116. The molecule has 1 heterocycles. The van der Waals surface area contributed by atoms with Gasteiger partial charge in [0.1, 0.15) is 0 Å². The number of hydrogen-bond acceptors (Lipinski definition) is 3. The lowest BCUT2D eigenvalue weighted by molar-refractivity contribution is -0.115. The van der Waals surface area contributed by atoms with Crippen molar-refractivity contribution in [3.63, 3.8) is 0 Å². The molecule has 1 amide bonds. The molecule has 0 fully saturated rings. The Morgan fingerprint density at radius 1 is 1.23 bits per heavy atom. The predicted molar refractivity (Wildman–Crippen MR) is 87.9 cm³/mol. The molecular formula is C16H13BrN2O3. The Morgan fingerprint density at radius 2 is 1.95 bits per heavy atom. The maximum absolute atomic E-state index is 12.1. The molecule has 22 heavy (non-hydrogen) atoms. The van der Waals surface area contributed by atoms with Crippen LogP contribution in [-0.2, 0) is 18.3 Å². The second-order valence-electron chi connectivity index (χ2n) is 4.96. The fourth-order valence-electron chi connectivity index (χ4n) is 2.20. The Balaban J connectivity index is 1.77. The van der Waals surface area contributed by atoms with Gasteiger partial charge in [0.05, 0.1) is 11.9 Å². The Labute approximate surface area is 134 Å². The van der Waals surface area contributed by atoms with E-state index in [4.69, 9.17) is 4.42 Å². The number of carbonyl (C=O) groups excluding carboxylic acids is 1. The molecule has 3 aromatic rings. The van der Waals surface area contributed by atoms with Gasteiger partial charge >= 0.3 is 5.76 Å². The molecule has 0 aliphatic heterocycles. The third-order valence-corrected chi connectivity index (χ3v) is 3.88. The van der Waals surface area contributed by atoms with Crippen LogP contribution in [0.3, 0.4) is 0 Å². The van der Waals surface area contributed by atoms with Crippen LogP contribution in [0.25, 0.3) is 11.1 Å². The van der Waals surface area contributed by atoms with Crippen LogP contribution in [0.5, 0.6) is 0 Å². The lowest BCUT2D eigenvalue weighted by Crippen LogP contribution is -2.14. The monoisotopic (exact) mass is 360 g/mol. The molecule has 3 rings (SSSR count). The quantitative estimate of drug-likeness (QED) is 0.780. The van der Waals surface area contributed by atoms with Crippen LogP contribution in [0.15, 0.2) is 56.1 Å². The number of rotatable bonds is 3. The third kappa shape index (κ3) is 2.96. The highest BCUT2D eigenvalue weighted by molar-refractivity contribution is 9.10. The molecule has 0 spiro atoms. The van der Waals surface area contributed by atoms with E-state index in [1.54, 1.807) is 25.2 Å². The van der Waals surface area contributed by atoms with Gasteiger partial charge in [-0.1, -0.05) is 28.1 Å². The van der Waals surface area contributed by atoms with E-state index in [9.17, 15) is 9.59 Å². The minimum Gasteiger partial charge on any atom is -0.408 e. The number of benzene rings is 2. The highest BCUT2D eigenvalue weighted by Crippen LogP contribution is 2.18. The van der Waals surface area contributed by atoms with Crippen LogP contribution in [0.1, 0.15) is 5.56 Å². The number of nitrogens with one attached hydrogen (secondary N) is 1. The molecule has 0 radical (unpaired) electrons. The first-order valence-corrected chi connectivity index (χ1v) is 7.46. The third-order valence-electron chi connectivity index (χ3n) is 3.35. The largest absolute Gasteiger partial charge is 0.419 e. The second kappa shape index (κ2) is 5.81. The number of nitrogens with zero attached hydrogens (tertiary/aromatic N) is 1. The number of aromatic nitrogens is 1. The average molecular weight is 361 g/mol. The summed E-state index contributed by atoms with van der Waals surface area (Å²) in [6, 6.07) is 12.7. The number of amides is 1. The van der Waals surface area contributed by atoms with Crippen LogP contribution in [0.2, 0.25) is 0 Å². The Hall–Kier alpha value is -2.34. The molecule has 0 saturated carbocycles. The SMILES string of the molecule is Cn1c(=O)oc2ccc(NC(=O)Cc3ccc(Br)cc3)cc21. The molecule has 6 heteroatoms. The van der Waals surface area contributed by atoms with Crippen molar-refractivity contribution in [2.45, 2.75) is 6.42 Å². The summed E-state index contributed by atoms with van der Waals surface area (Å²) in [7, 11) is 1.63. The number of hydrogen-bond donors (Lipinski definition) is 1. The van der Waals surface area contributed by atoms with Crippen LogP contribution >= 0.6 is 15.9 Å². The lowest BCUT2D eigenvalue weighted by Gasteiger charge is -2.06. The van der Waals surface area contributed by atoms with Gasteiger partial charge in [-0.3, -0.25) is 9.36 Å². The molecule has 1 N–H and O–H groups in total. The summed E-state index contributed by atoms with van der Waals surface area (Å²) >= 11 is 3.36. The predicted octanol–water partition coefficient (Wildman–Crippen LogP) is 3.08. The summed E-state index contributed by atoms with van der Waals surface area (Å²) in [5.74, 6) is -0.538. The lowest BCUT2D eigenvalue weighted by atomic mass is 10.1. The topological polar surface area (TPSA) is 64.2 Å². The van der Waals surface area contributed by atoms with Crippen molar-refractivity contribution >= 4 is 38.6 Å². The molecule has 112 valence electrons. The summed E-state index contributed by atoms with van der Waals surface area (Å²) in [5.41, 5.74) is 2.70. The highest BCUT2D eigenvalue weighted by Gasteiger charge is 2.09. The molecule has 5 nitrogen and oxygen atoms in total. The maximum Gasteiger partial charge on any atom is 0.419 e. The van der Waals surface area contributed by atoms with Crippen molar-refractivity contribution in [2.24, 2.45) is 7.05 Å². The van der Waals surface area contributed by atoms with Crippen molar-refractivity contribution in [1.29, 1.82) is 0 Å². The van der Waals surface area contributed by atoms with E-state index < -0.39 is 5.76 Å². The molecule has 1 aromatic heterocycles. The van der Waals surface area contributed by atoms with Crippen molar-refractivity contribution < 1.29 is 9.21 Å². The number of aryl methyl sites for hydroxylation is 1. The fraction of sp³-hybridized carbons (Fsp3) is 0.125. The minimum atomic E-state index is -0.423. The normalized spacial score (nSPS) is 10.8. The fourth-order valence-corrected chi connectivity index (χ4v) is 2.46. The van der Waals surface area contributed by atoms with Gasteiger partial charge in [-0.15, -0.1) is 0 Å². The summed E-state index contributed by atoms with van der Waals surface area (Å²) in [6.45, 7) is 0. The molecule has 2 aromatic carbocycles. The molecular weight excluding hydrogens is 348 g/mol. The summed E-state index contributed by atoms with van der Waals surface area (Å²) in [4.78, 5) is 23.5. The van der Waals surface area contributed by atoms with Gasteiger partial charge in [0.15, 0.2) is 5.58 Å². The van der Waals surface area contributed by atoms with Crippen molar-refractivity contribution in [1.82, 2.24) is 4.57 Å². The first-order chi connectivity index (χ1) is 10.5. The van der Waals surface area contributed by atoms with Crippen molar-refractivity contribution in [3.8, 4) is 0 Å².